The van der Waals surface area contributed by atoms with Gasteiger partial charge in [0.15, 0.2) is 5.78 Å². The molecule has 1 saturated heterocycles. The lowest BCUT2D eigenvalue weighted by molar-refractivity contribution is -0.277. The Morgan fingerprint density at radius 3 is 2.36 bits per heavy atom. The van der Waals surface area contributed by atoms with Gasteiger partial charge >= 0.3 is 0 Å². The number of benzene rings is 2. The van der Waals surface area contributed by atoms with Crippen LogP contribution in [0.15, 0.2) is 18.2 Å². The molecule has 3 rings (SSSR count). The van der Waals surface area contributed by atoms with Gasteiger partial charge in [0.2, 0.25) is 6.29 Å². The number of hydrogen-bond acceptors (Lipinski definition) is 8. The highest BCUT2D eigenvalue weighted by atomic mass is 16.7. The van der Waals surface area contributed by atoms with Gasteiger partial charge in [-0.25, -0.2) is 0 Å². The monoisotopic (exact) mass is 392 g/mol. The number of ketones is 1. The average Bonchev–Trinajstić information content (AvgIpc) is 2.61. The van der Waals surface area contributed by atoms with Crippen LogP contribution in [0.3, 0.4) is 0 Å². The van der Waals surface area contributed by atoms with Crippen LogP contribution >= 0.6 is 0 Å². The Morgan fingerprint density at radius 1 is 1.07 bits per heavy atom. The molecule has 152 valence electrons. The maximum Gasteiger partial charge on any atom is 0.229 e. The number of aryl methyl sites for hydroxylation is 2. The first kappa shape index (κ1) is 20.5. The van der Waals surface area contributed by atoms with E-state index in [9.17, 15) is 30.3 Å². The van der Waals surface area contributed by atoms with Crippen LogP contribution in [0.4, 0.5) is 0 Å². The van der Waals surface area contributed by atoms with Crippen LogP contribution in [0.25, 0.3) is 10.8 Å². The van der Waals surface area contributed by atoms with E-state index in [0.717, 1.165) is 0 Å². The summed E-state index contributed by atoms with van der Waals surface area (Å²) >= 11 is 0. The SMILES string of the molecule is CC(=O)c1c(C)cc2cc(O[C@@H]3O[C@H](CO)[C@@H](O)[C@H](O)[C@H]3O)cc(C)c2c1O. The van der Waals surface area contributed by atoms with Crippen molar-refractivity contribution in [2.24, 2.45) is 0 Å². The van der Waals surface area contributed by atoms with Crippen molar-refractivity contribution < 1.29 is 39.8 Å². The van der Waals surface area contributed by atoms with Crippen LogP contribution in [-0.2, 0) is 4.74 Å². The van der Waals surface area contributed by atoms with Gasteiger partial charge in [0.1, 0.15) is 35.9 Å². The average molecular weight is 392 g/mol. The predicted molar refractivity (Wildman–Crippen MR) is 99.5 cm³/mol. The predicted octanol–water partition coefficient (Wildman–Crippen LogP) is 0.544. The molecule has 0 amide bonds. The number of fused-ring (bicyclic) bond motifs is 1. The minimum atomic E-state index is -1.54. The number of phenolic OH excluding ortho intramolecular Hbond substituents is 1. The molecular formula is C20H24O8. The first-order valence-corrected chi connectivity index (χ1v) is 8.90. The number of rotatable bonds is 4. The largest absolute Gasteiger partial charge is 0.507 e. The summed E-state index contributed by atoms with van der Waals surface area (Å²) in [5.74, 6) is -0.0407. The zero-order valence-electron chi connectivity index (χ0n) is 15.8. The number of carbonyl (C=O) groups is 1. The van der Waals surface area contributed by atoms with Crippen LogP contribution in [0.2, 0.25) is 0 Å². The number of carbonyl (C=O) groups excluding carboxylic acids is 1. The Morgan fingerprint density at radius 2 is 1.75 bits per heavy atom. The smallest absolute Gasteiger partial charge is 0.229 e. The summed E-state index contributed by atoms with van der Waals surface area (Å²) < 4.78 is 11.0. The molecule has 1 aliphatic heterocycles. The third-order valence-electron chi connectivity index (χ3n) is 5.03. The van der Waals surface area contributed by atoms with E-state index in [-0.39, 0.29) is 17.1 Å². The number of aliphatic hydroxyl groups is 4. The Labute approximate surface area is 161 Å². The molecule has 0 spiro atoms. The molecule has 5 N–H and O–H groups in total. The van der Waals surface area contributed by atoms with Gasteiger partial charge in [-0.15, -0.1) is 0 Å². The van der Waals surface area contributed by atoms with Crippen LogP contribution in [-0.4, -0.2) is 68.6 Å². The van der Waals surface area contributed by atoms with Crippen molar-refractivity contribution in [2.75, 3.05) is 6.61 Å². The molecule has 0 bridgehead atoms. The van der Waals surface area contributed by atoms with E-state index >= 15 is 0 Å². The number of ether oxygens (including phenoxy) is 2. The first-order chi connectivity index (χ1) is 13.1. The Kier molecular flexibility index (Phi) is 5.60. The van der Waals surface area contributed by atoms with Crippen molar-refractivity contribution >= 4 is 16.6 Å². The second kappa shape index (κ2) is 7.65. The lowest BCUT2D eigenvalue weighted by atomic mass is 9.95. The highest BCUT2D eigenvalue weighted by Gasteiger charge is 2.44. The molecule has 0 radical (unpaired) electrons. The van der Waals surface area contributed by atoms with Crippen molar-refractivity contribution in [3.63, 3.8) is 0 Å². The van der Waals surface area contributed by atoms with Crippen molar-refractivity contribution in [3.8, 4) is 11.5 Å². The molecule has 0 saturated carbocycles. The van der Waals surface area contributed by atoms with E-state index in [2.05, 4.69) is 0 Å². The van der Waals surface area contributed by atoms with E-state index in [1.165, 1.54) is 6.92 Å². The van der Waals surface area contributed by atoms with E-state index in [4.69, 9.17) is 9.47 Å². The van der Waals surface area contributed by atoms with Crippen LogP contribution < -0.4 is 4.74 Å². The fraction of sp³-hybridized carbons (Fsp3) is 0.450. The Hall–Kier alpha value is -2.23. The third kappa shape index (κ3) is 3.45. The summed E-state index contributed by atoms with van der Waals surface area (Å²) in [6, 6.07) is 4.96. The van der Waals surface area contributed by atoms with Crippen LogP contribution in [0, 0.1) is 13.8 Å². The van der Waals surface area contributed by atoms with Gasteiger partial charge in [0.25, 0.3) is 0 Å². The van der Waals surface area contributed by atoms with Crippen molar-refractivity contribution in [3.05, 3.63) is 34.9 Å². The van der Waals surface area contributed by atoms with Crippen LogP contribution in [0.1, 0.15) is 28.4 Å². The molecule has 0 aromatic heterocycles. The molecular weight excluding hydrogens is 368 g/mol. The van der Waals surface area contributed by atoms with Crippen molar-refractivity contribution in [1.29, 1.82) is 0 Å². The van der Waals surface area contributed by atoms with Crippen LogP contribution in [0.5, 0.6) is 11.5 Å². The molecule has 8 heteroatoms. The fourth-order valence-electron chi connectivity index (χ4n) is 3.65. The number of phenols is 1. The van der Waals surface area contributed by atoms with E-state index in [1.807, 2.05) is 0 Å². The number of aromatic hydroxyl groups is 1. The molecule has 2 aromatic carbocycles. The number of hydrogen-bond donors (Lipinski definition) is 5. The van der Waals surface area contributed by atoms with Gasteiger partial charge in [-0.05, 0) is 49.4 Å². The molecule has 28 heavy (non-hydrogen) atoms. The number of aliphatic hydroxyl groups excluding tert-OH is 4. The summed E-state index contributed by atoms with van der Waals surface area (Å²) in [6.07, 6.45) is -6.92. The summed E-state index contributed by atoms with van der Waals surface area (Å²) in [7, 11) is 0. The lowest BCUT2D eigenvalue weighted by Crippen LogP contribution is -2.60. The molecule has 1 aliphatic rings. The van der Waals surface area contributed by atoms with E-state index < -0.39 is 37.3 Å². The Balaban J connectivity index is 1.99. The first-order valence-electron chi connectivity index (χ1n) is 8.90. The van der Waals surface area contributed by atoms with Gasteiger partial charge < -0.3 is 35.0 Å². The normalized spacial score (nSPS) is 27.8. The molecule has 2 aromatic rings. The zero-order valence-corrected chi connectivity index (χ0v) is 15.8. The molecule has 1 fully saturated rings. The zero-order chi connectivity index (χ0) is 20.7. The van der Waals surface area contributed by atoms with Gasteiger partial charge in [0.05, 0.1) is 12.2 Å². The summed E-state index contributed by atoms with van der Waals surface area (Å²) in [4.78, 5) is 11.8. The highest BCUT2D eigenvalue weighted by Crippen LogP contribution is 2.37. The molecule has 0 unspecified atom stereocenters. The maximum atomic E-state index is 11.8. The fourth-order valence-corrected chi connectivity index (χ4v) is 3.65. The molecule has 5 atom stereocenters. The second-order valence-electron chi connectivity index (χ2n) is 7.13. The maximum absolute atomic E-state index is 11.8. The van der Waals surface area contributed by atoms with Gasteiger partial charge in [-0.1, -0.05) is 6.07 Å². The Bertz CT molecular complexity index is 907. The minimum Gasteiger partial charge on any atom is -0.507 e. The second-order valence-corrected chi connectivity index (χ2v) is 7.13. The van der Waals surface area contributed by atoms with Gasteiger partial charge in [0, 0.05) is 5.39 Å². The van der Waals surface area contributed by atoms with Gasteiger partial charge in [-0.3, -0.25) is 4.79 Å². The van der Waals surface area contributed by atoms with E-state index in [1.54, 1.807) is 32.0 Å². The van der Waals surface area contributed by atoms with Gasteiger partial charge in [-0.2, -0.15) is 0 Å². The summed E-state index contributed by atoms with van der Waals surface area (Å²) in [6.45, 7) is 4.29. The summed E-state index contributed by atoms with van der Waals surface area (Å²) in [5, 5.41) is 50.8. The third-order valence-corrected chi connectivity index (χ3v) is 5.03. The standard InChI is InChI=1S/C20H24O8/c1-8-4-11-6-12(5-9(2)15(11)17(24)14(8)10(3)22)27-20-19(26)18(25)16(23)13(7-21)28-20/h4-6,13,16,18-21,23-26H,7H2,1-3H3/t13-,16-,18+,19-,20-/m1/s1. The van der Waals surface area contributed by atoms with E-state index in [0.29, 0.717) is 27.6 Å². The molecule has 8 nitrogen and oxygen atoms in total. The quantitative estimate of drug-likeness (QED) is 0.476. The number of Topliss-reactive ketones (excluding diaryl/α,β-unsaturated/α-hetero) is 1. The minimum absolute atomic E-state index is 0.0978. The lowest BCUT2D eigenvalue weighted by Gasteiger charge is -2.39. The van der Waals surface area contributed by atoms with Crippen molar-refractivity contribution in [2.45, 2.75) is 51.5 Å². The highest BCUT2D eigenvalue weighted by molar-refractivity contribution is 6.06. The van der Waals surface area contributed by atoms with Crippen molar-refractivity contribution in [1.82, 2.24) is 0 Å². The topological polar surface area (TPSA) is 137 Å². The molecule has 0 aliphatic carbocycles. The molecule has 1 heterocycles. The summed E-state index contributed by atoms with van der Waals surface area (Å²) in [5.41, 5.74) is 1.51.